The van der Waals surface area contributed by atoms with Crippen molar-refractivity contribution in [2.75, 3.05) is 0 Å². The maximum atomic E-state index is 13.0. The van der Waals surface area contributed by atoms with Gasteiger partial charge in [-0.25, -0.2) is 4.39 Å². The van der Waals surface area contributed by atoms with Crippen LogP contribution in [-0.4, -0.2) is 21.6 Å². The van der Waals surface area contributed by atoms with Crippen molar-refractivity contribution < 1.29 is 9.50 Å². The Kier molecular flexibility index (Phi) is 4.00. The van der Waals surface area contributed by atoms with Crippen LogP contribution in [0, 0.1) is 9.77 Å². The van der Waals surface area contributed by atoms with Gasteiger partial charge in [0.25, 0.3) is 0 Å². The number of nitrogens with zero attached hydrogens (tertiary/aromatic N) is 3. The number of hydrogen-bond donors (Lipinski definition) is 1. The largest absolute Gasteiger partial charge is 0.493 e. The first-order chi connectivity index (χ1) is 10.6. The predicted octanol–water partition coefficient (Wildman–Crippen LogP) is 4.02. The summed E-state index contributed by atoms with van der Waals surface area (Å²) in [6, 6.07) is 6.05. The highest BCUT2D eigenvalue weighted by molar-refractivity contribution is 7.73. The highest BCUT2D eigenvalue weighted by Gasteiger charge is 2.16. The topological polar surface area (TPSA) is 49.9 Å². The zero-order chi connectivity index (χ0) is 15.7. The maximum Gasteiger partial charge on any atom is 0.210 e. The Bertz CT molecular complexity index is 860. The Hall–Kier alpha value is -2.12. The van der Waals surface area contributed by atoms with E-state index < -0.39 is 0 Å². The van der Waals surface area contributed by atoms with Crippen LogP contribution in [0.5, 0.6) is 5.88 Å². The second kappa shape index (κ2) is 5.94. The van der Waals surface area contributed by atoms with Crippen LogP contribution in [0.4, 0.5) is 4.39 Å². The third-order valence-corrected chi connectivity index (χ3v) is 4.63. The van der Waals surface area contributed by atoms with E-state index in [1.165, 1.54) is 23.5 Å². The first kappa shape index (κ1) is 14.8. The number of rotatable bonds is 3. The molecule has 2 aromatic rings. The second-order valence-corrected chi connectivity index (χ2v) is 6.28. The van der Waals surface area contributed by atoms with Crippen LogP contribution in [-0.2, 0) is 6.54 Å². The summed E-state index contributed by atoms with van der Waals surface area (Å²) in [7, 11) is 0. The van der Waals surface area contributed by atoms with Gasteiger partial charge in [0.05, 0.1) is 11.1 Å². The fourth-order valence-electron chi connectivity index (χ4n) is 2.13. The first-order valence-electron chi connectivity index (χ1n) is 6.61. The Morgan fingerprint density at radius 2 is 2.09 bits per heavy atom. The molecule has 0 saturated carbocycles. The second-order valence-electron chi connectivity index (χ2n) is 4.60. The SMILES string of the molecule is CCn1c(O)c(/C=C2\C=NN=C2c2ccc(F)cc2)sc1=S. The van der Waals surface area contributed by atoms with Crippen molar-refractivity contribution in [2.45, 2.75) is 13.5 Å². The molecule has 1 aromatic heterocycles. The highest BCUT2D eigenvalue weighted by atomic mass is 32.1. The molecule has 4 nitrogen and oxygen atoms in total. The number of aromatic nitrogens is 1. The molecule has 1 aliphatic rings. The lowest BCUT2D eigenvalue weighted by molar-refractivity contribution is 0.419. The summed E-state index contributed by atoms with van der Waals surface area (Å²) < 4.78 is 15.3. The molecule has 0 fully saturated rings. The molecule has 112 valence electrons. The van der Waals surface area contributed by atoms with Crippen LogP contribution < -0.4 is 0 Å². The van der Waals surface area contributed by atoms with Gasteiger partial charge in [-0.2, -0.15) is 5.10 Å². The van der Waals surface area contributed by atoms with Crippen molar-refractivity contribution >= 4 is 41.6 Å². The highest BCUT2D eigenvalue weighted by Crippen LogP contribution is 2.29. The van der Waals surface area contributed by atoms with Gasteiger partial charge in [0.15, 0.2) is 3.95 Å². The molecule has 0 bridgehead atoms. The van der Waals surface area contributed by atoms with E-state index in [0.717, 1.165) is 11.1 Å². The summed E-state index contributed by atoms with van der Waals surface area (Å²) in [4.78, 5) is 0.657. The van der Waals surface area contributed by atoms with Gasteiger partial charge in [-0.3, -0.25) is 4.57 Å². The van der Waals surface area contributed by atoms with Crippen molar-refractivity contribution in [3.05, 3.63) is 50.1 Å². The van der Waals surface area contributed by atoms with E-state index in [2.05, 4.69) is 10.2 Å². The van der Waals surface area contributed by atoms with Crippen molar-refractivity contribution in [3.63, 3.8) is 0 Å². The lowest BCUT2D eigenvalue weighted by Crippen LogP contribution is -2.02. The Morgan fingerprint density at radius 1 is 1.36 bits per heavy atom. The summed E-state index contributed by atoms with van der Waals surface area (Å²) in [5.41, 5.74) is 2.16. The molecule has 1 aromatic carbocycles. The number of aromatic hydroxyl groups is 1. The van der Waals surface area contributed by atoms with E-state index in [4.69, 9.17) is 12.2 Å². The quantitative estimate of drug-likeness (QED) is 0.863. The molecule has 7 heteroatoms. The molecule has 0 aliphatic carbocycles. The fourth-order valence-corrected chi connectivity index (χ4v) is 3.52. The Labute approximate surface area is 135 Å². The monoisotopic (exact) mass is 333 g/mol. The van der Waals surface area contributed by atoms with E-state index >= 15 is 0 Å². The maximum absolute atomic E-state index is 13.0. The van der Waals surface area contributed by atoms with Crippen LogP contribution >= 0.6 is 23.6 Å². The van der Waals surface area contributed by atoms with Crippen molar-refractivity contribution in [1.82, 2.24) is 4.57 Å². The van der Waals surface area contributed by atoms with Gasteiger partial charge < -0.3 is 5.11 Å². The summed E-state index contributed by atoms with van der Waals surface area (Å²) in [5.74, 6) is -0.159. The number of halogens is 1. The van der Waals surface area contributed by atoms with Crippen LogP contribution in [0.15, 0.2) is 40.0 Å². The van der Waals surface area contributed by atoms with E-state index in [-0.39, 0.29) is 11.7 Å². The van der Waals surface area contributed by atoms with Gasteiger partial charge >= 0.3 is 0 Å². The van der Waals surface area contributed by atoms with E-state index in [0.29, 0.717) is 21.1 Å². The Balaban J connectivity index is 2.01. The molecule has 0 spiro atoms. The molecular formula is C15H12FN3OS2. The lowest BCUT2D eigenvalue weighted by Gasteiger charge is -2.02. The minimum absolute atomic E-state index is 0.142. The molecule has 22 heavy (non-hydrogen) atoms. The van der Waals surface area contributed by atoms with Gasteiger partial charge in [-0.05, 0) is 49.5 Å². The van der Waals surface area contributed by atoms with Crippen LogP contribution in [0.3, 0.4) is 0 Å². The fraction of sp³-hybridized carbons (Fsp3) is 0.133. The van der Waals surface area contributed by atoms with Gasteiger partial charge in [-0.15, -0.1) is 16.4 Å². The first-order valence-corrected chi connectivity index (χ1v) is 7.84. The number of thiazole rings is 1. The zero-order valence-corrected chi connectivity index (χ0v) is 13.3. The third kappa shape index (κ3) is 2.65. The molecule has 1 N–H and O–H groups in total. The smallest absolute Gasteiger partial charge is 0.210 e. The molecule has 0 amide bonds. The van der Waals surface area contributed by atoms with Crippen molar-refractivity contribution in [3.8, 4) is 5.88 Å². The van der Waals surface area contributed by atoms with Crippen molar-refractivity contribution in [2.24, 2.45) is 10.2 Å². The summed E-state index contributed by atoms with van der Waals surface area (Å²) in [5, 5.41) is 18.2. The minimum atomic E-state index is -0.301. The Morgan fingerprint density at radius 3 is 2.73 bits per heavy atom. The average molecular weight is 333 g/mol. The number of hydrogen-bond acceptors (Lipinski definition) is 5. The van der Waals surface area contributed by atoms with Crippen LogP contribution in [0.1, 0.15) is 17.4 Å². The third-order valence-electron chi connectivity index (χ3n) is 3.24. The van der Waals surface area contributed by atoms with E-state index in [9.17, 15) is 9.50 Å². The zero-order valence-electron chi connectivity index (χ0n) is 11.7. The molecule has 0 unspecified atom stereocenters. The molecule has 0 atom stereocenters. The van der Waals surface area contributed by atoms with E-state index in [1.54, 1.807) is 29.0 Å². The summed E-state index contributed by atoms with van der Waals surface area (Å²) in [6.07, 6.45) is 3.40. The van der Waals surface area contributed by atoms with Gasteiger partial charge in [0.2, 0.25) is 5.88 Å². The van der Waals surface area contributed by atoms with Gasteiger partial charge in [-0.1, -0.05) is 0 Å². The number of benzene rings is 1. The predicted molar refractivity (Wildman–Crippen MR) is 89.9 cm³/mol. The summed E-state index contributed by atoms with van der Waals surface area (Å²) >= 11 is 6.55. The number of allylic oxidation sites excluding steroid dienone is 1. The molecule has 2 heterocycles. The van der Waals surface area contributed by atoms with E-state index in [1.807, 2.05) is 6.92 Å². The molecule has 1 aliphatic heterocycles. The van der Waals surface area contributed by atoms with Crippen molar-refractivity contribution in [1.29, 1.82) is 0 Å². The molecule has 0 saturated heterocycles. The molecular weight excluding hydrogens is 321 g/mol. The summed E-state index contributed by atoms with van der Waals surface area (Å²) in [6.45, 7) is 2.53. The minimum Gasteiger partial charge on any atom is -0.493 e. The molecule has 3 rings (SSSR count). The standard InChI is InChI=1S/C15H12FN3OS2/c1-2-19-14(20)12(22-15(19)21)7-10-8-17-18-13(10)9-3-5-11(16)6-4-9/h3-8,20H,2H2,1H3/b10-7+. The lowest BCUT2D eigenvalue weighted by atomic mass is 10.0. The van der Waals surface area contributed by atoms with Gasteiger partial charge in [0.1, 0.15) is 11.5 Å². The normalized spacial score (nSPS) is 15.5. The molecule has 0 radical (unpaired) electrons. The van der Waals surface area contributed by atoms with Gasteiger partial charge in [0, 0.05) is 17.7 Å². The van der Waals surface area contributed by atoms with Crippen LogP contribution in [0.25, 0.3) is 6.08 Å². The van der Waals surface area contributed by atoms with Crippen LogP contribution in [0.2, 0.25) is 0 Å². The average Bonchev–Trinajstić information content (AvgIpc) is 3.06.